The topological polar surface area (TPSA) is 69.6 Å². The van der Waals surface area contributed by atoms with Crippen LogP contribution in [0.3, 0.4) is 0 Å². The molecule has 1 aromatic heterocycles. The highest BCUT2D eigenvalue weighted by Crippen LogP contribution is 2.24. The van der Waals surface area contributed by atoms with E-state index < -0.39 is 5.97 Å². The number of carboxylic acid groups (broad SMARTS) is 1. The zero-order chi connectivity index (χ0) is 14.8. The van der Waals surface area contributed by atoms with Gasteiger partial charge in [0, 0.05) is 23.7 Å². The van der Waals surface area contributed by atoms with Crippen LogP contribution in [0.1, 0.15) is 20.8 Å². The van der Waals surface area contributed by atoms with Crippen molar-refractivity contribution in [1.29, 1.82) is 0 Å². The Balaban J connectivity index is 1.65. The van der Waals surface area contributed by atoms with Gasteiger partial charge >= 0.3 is 12.0 Å². The summed E-state index contributed by atoms with van der Waals surface area (Å²) in [6.45, 7) is 1.32. The molecule has 108 valence electrons. The number of benzene rings is 1. The summed E-state index contributed by atoms with van der Waals surface area (Å²) in [5.41, 5.74) is 2.01. The van der Waals surface area contributed by atoms with Crippen LogP contribution < -0.4 is 5.32 Å². The van der Waals surface area contributed by atoms with Crippen molar-refractivity contribution in [2.75, 3.05) is 11.9 Å². The van der Waals surface area contributed by atoms with Crippen LogP contribution in [-0.4, -0.2) is 28.6 Å². The van der Waals surface area contributed by atoms with Crippen LogP contribution in [0.4, 0.5) is 10.5 Å². The molecule has 0 saturated heterocycles. The number of hydrogen-bond donors (Lipinski definition) is 2. The van der Waals surface area contributed by atoms with Crippen LogP contribution in [0, 0.1) is 0 Å². The van der Waals surface area contributed by atoms with Gasteiger partial charge in [0.15, 0.2) is 0 Å². The molecule has 1 aromatic carbocycles. The van der Waals surface area contributed by atoms with Crippen molar-refractivity contribution < 1.29 is 14.7 Å². The van der Waals surface area contributed by atoms with Crippen molar-refractivity contribution >= 4 is 29.0 Å². The molecule has 0 radical (unpaired) electrons. The van der Waals surface area contributed by atoms with E-state index in [1.54, 1.807) is 28.4 Å². The van der Waals surface area contributed by atoms with E-state index in [-0.39, 0.29) is 11.6 Å². The highest BCUT2D eigenvalue weighted by Gasteiger charge is 2.21. The summed E-state index contributed by atoms with van der Waals surface area (Å²) in [6, 6.07) is 8.05. The smallest absolute Gasteiger partial charge is 0.335 e. The van der Waals surface area contributed by atoms with Gasteiger partial charge in [0.2, 0.25) is 0 Å². The molecule has 2 N–H and O–H groups in total. The normalized spacial score (nSPS) is 13.6. The van der Waals surface area contributed by atoms with Gasteiger partial charge < -0.3 is 15.3 Å². The Labute approximate surface area is 125 Å². The van der Waals surface area contributed by atoms with E-state index in [9.17, 15) is 9.59 Å². The SMILES string of the molecule is O=C(O)c1ccc(NC(=O)N2CCc3sccc3C2)cc1. The van der Waals surface area contributed by atoms with Gasteiger partial charge in [-0.3, -0.25) is 0 Å². The molecule has 3 rings (SSSR count). The van der Waals surface area contributed by atoms with Crippen molar-refractivity contribution in [3.63, 3.8) is 0 Å². The molecule has 0 atom stereocenters. The highest BCUT2D eigenvalue weighted by molar-refractivity contribution is 7.10. The predicted molar refractivity (Wildman–Crippen MR) is 80.9 cm³/mol. The number of nitrogens with zero attached hydrogens (tertiary/aromatic N) is 1. The average Bonchev–Trinajstić information content (AvgIpc) is 2.95. The van der Waals surface area contributed by atoms with Gasteiger partial charge in [-0.2, -0.15) is 0 Å². The number of carboxylic acids is 1. The Morgan fingerprint density at radius 1 is 1.19 bits per heavy atom. The number of carbonyl (C=O) groups is 2. The average molecular weight is 302 g/mol. The zero-order valence-electron chi connectivity index (χ0n) is 11.2. The molecular formula is C15H14N2O3S. The number of rotatable bonds is 2. The van der Waals surface area contributed by atoms with Crippen LogP contribution in [0.25, 0.3) is 0 Å². The molecule has 0 unspecified atom stereocenters. The second-order valence-corrected chi connectivity index (χ2v) is 5.85. The van der Waals surface area contributed by atoms with Crippen molar-refractivity contribution in [1.82, 2.24) is 4.90 Å². The van der Waals surface area contributed by atoms with E-state index in [4.69, 9.17) is 5.11 Å². The van der Waals surface area contributed by atoms with E-state index in [2.05, 4.69) is 16.8 Å². The van der Waals surface area contributed by atoms with Crippen LogP contribution in [0.5, 0.6) is 0 Å². The molecule has 0 saturated carbocycles. The fourth-order valence-corrected chi connectivity index (χ4v) is 3.21. The van der Waals surface area contributed by atoms with E-state index in [1.165, 1.54) is 22.6 Å². The minimum Gasteiger partial charge on any atom is -0.478 e. The maximum Gasteiger partial charge on any atom is 0.335 e. The number of nitrogens with one attached hydrogen (secondary N) is 1. The maximum atomic E-state index is 12.2. The summed E-state index contributed by atoms with van der Waals surface area (Å²) in [5.74, 6) is -0.978. The molecule has 21 heavy (non-hydrogen) atoms. The minimum atomic E-state index is -0.978. The van der Waals surface area contributed by atoms with Crippen molar-refractivity contribution in [2.45, 2.75) is 13.0 Å². The second kappa shape index (κ2) is 5.57. The third-order valence-electron chi connectivity index (χ3n) is 3.48. The largest absolute Gasteiger partial charge is 0.478 e. The fraction of sp³-hybridized carbons (Fsp3) is 0.200. The molecule has 1 aliphatic rings. The lowest BCUT2D eigenvalue weighted by atomic mass is 10.1. The summed E-state index contributed by atoms with van der Waals surface area (Å²) in [7, 11) is 0. The van der Waals surface area contributed by atoms with Gasteiger partial charge in [-0.1, -0.05) is 0 Å². The number of hydrogen-bond acceptors (Lipinski definition) is 3. The standard InChI is InChI=1S/C15H14N2O3S/c18-14(19)10-1-3-12(4-2-10)16-15(20)17-7-5-13-11(9-17)6-8-21-13/h1-4,6,8H,5,7,9H2,(H,16,20)(H,18,19). The van der Waals surface area contributed by atoms with Crippen molar-refractivity contribution in [3.05, 3.63) is 51.7 Å². The first kappa shape index (κ1) is 13.6. The molecule has 1 aliphatic heterocycles. The van der Waals surface area contributed by atoms with Gasteiger partial charge in [-0.05, 0) is 47.7 Å². The van der Waals surface area contributed by atoms with Gasteiger partial charge in [-0.15, -0.1) is 11.3 Å². The van der Waals surface area contributed by atoms with E-state index in [0.717, 1.165) is 6.42 Å². The Hall–Kier alpha value is -2.34. The Morgan fingerprint density at radius 2 is 1.95 bits per heavy atom. The Bertz CT molecular complexity index is 678. The summed E-state index contributed by atoms with van der Waals surface area (Å²) in [4.78, 5) is 26.1. The number of fused-ring (bicyclic) bond motifs is 1. The molecule has 6 heteroatoms. The summed E-state index contributed by atoms with van der Waals surface area (Å²) >= 11 is 1.73. The molecule has 0 spiro atoms. The lowest BCUT2D eigenvalue weighted by Gasteiger charge is -2.27. The number of amides is 2. The minimum absolute atomic E-state index is 0.157. The van der Waals surface area contributed by atoms with Gasteiger partial charge in [-0.25, -0.2) is 9.59 Å². The lowest BCUT2D eigenvalue weighted by molar-refractivity contribution is 0.0697. The third kappa shape index (κ3) is 2.90. The zero-order valence-corrected chi connectivity index (χ0v) is 12.0. The first-order chi connectivity index (χ1) is 10.1. The van der Waals surface area contributed by atoms with Crippen LogP contribution in [-0.2, 0) is 13.0 Å². The van der Waals surface area contributed by atoms with E-state index >= 15 is 0 Å². The first-order valence-corrected chi connectivity index (χ1v) is 7.46. The number of urea groups is 1. The number of anilines is 1. The van der Waals surface area contributed by atoms with Gasteiger partial charge in [0.25, 0.3) is 0 Å². The Kier molecular flexibility index (Phi) is 3.62. The molecule has 2 aromatic rings. The van der Waals surface area contributed by atoms with Gasteiger partial charge in [0.1, 0.15) is 0 Å². The summed E-state index contributed by atoms with van der Waals surface area (Å²) < 4.78 is 0. The van der Waals surface area contributed by atoms with E-state index in [0.29, 0.717) is 18.8 Å². The van der Waals surface area contributed by atoms with Crippen LogP contribution in [0.15, 0.2) is 35.7 Å². The Morgan fingerprint density at radius 3 is 2.67 bits per heavy atom. The van der Waals surface area contributed by atoms with Gasteiger partial charge in [0.05, 0.1) is 5.56 Å². The molecule has 0 aliphatic carbocycles. The first-order valence-electron chi connectivity index (χ1n) is 6.58. The van der Waals surface area contributed by atoms with E-state index in [1.807, 2.05) is 0 Å². The van der Waals surface area contributed by atoms with Crippen LogP contribution >= 0.6 is 11.3 Å². The predicted octanol–water partition coefficient (Wildman–Crippen LogP) is 3.04. The third-order valence-corrected chi connectivity index (χ3v) is 4.50. The molecule has 5 nitrogen and oxygen atoms in total. The quantitative estimate of drug-likeness (QED) is 0.896. The molecule has 2 heterocycles. The number of thiophene rings is 1. The fourth-order valence-electron chi connectivity index (χ4n) is 2.32. The monoisotopic (exact) mass is 302 g/mol. The summed E-state index contributed by atoms with van der Waals surface area (Å²) in [6.07, 6.45) is 0.887. The molecule has 2 amide bonds. The van der Waals surface area contributed by atoms with Crippen LogP contribution in [0.2, 0.25) is 0 Å². The lowest BCUT2D eigenvalue weighted by Crippen LogP contribution is -2.38. The molecule has 0 bridgehead atoms. The molecular weight excluding hydrogens is 288 g/mol. The van der Waals surface area contributed by atoms with Crippen molar-refractivity contribution in [2.24, 2.45) is 0 Å². The maximum absolute atomic E-state index is 12.2. The number of aromatic carboxylic acids is 1. The van der Waals surface area contributed by atoms with Crippen molar-refractivity contribution in [3.8, 4) is 0 Å². The summed E-state index contributed by atoms with van der Waals surface area (Å²) in [5, 5.41) is 13.7. The highest BCUT2D eigenvalue weighted by atomic mass is 32.1. The number of carbonyl (C=O) groups excluding carboxylic acids is 1. The second-order valence-electron chi connectivity index (χ2n) is 4.85. The molecule has 0 fully saturated rings.